The summed E-state index contributed by atoms with van der Waals surface area (Å²) in [7, 11) is 0. The third-order valence-corrected chi connectivity index (χ3v) is 4.79. The molecule has 0 aliphatic rings. The number of nitrogens with zero attached hydrogens (tertiary/aromatic N) is 1. The Morgan fingerprint density at radius 2 is 1.55 bits per heavy atom. The molecular weight excluding hydrogens is 392 g/mol. The molecule has 0 saturated carbocycles. The molecule has 1 amide bonds. The van der Waals surface area contributed by atoms with Gasteiger partial charge in [-0.3, -0.25) is 4.79 Å². The van der Waals surface area contributed by atoms with E-state index >= 15 is 0 Å². The number of nitrogens with one attached hydrogen (secondary N) is 1. The standard InChI is InChI=1S/C25H28N2O4/c1-24(2,3)19-11-15(12-20(21(19)28)25(4,5)6)10-17(14-26)22(29)27-18-9-7-8-16(13-18)23(30)31/h7-13,28H,1-6H3,(H,27,29)(H,30,31)/b17-10-. The SMILES string of the molecule is CC(C)(C)c1cc(/C=C(/C#N)C(=O)Nc2cccc(C(=O)O)c2)cc(C(C)(C)C)c1O. The molecule has 0 spiro atoms. The third kappa shape index (κ3) is 5.73. The van der Waals surface area contributed by atoms with Gasteiger partial charge in [0, 0.05) is 16.8 Å². The molecular formula is C25H28N2O4. The summed E-state index contributed by atoms with van der Waals surface area (Å²) in [5.74, 6) is -1.54. The summed E-state index contributed by atoms with van der Waals surface area (Å²) in [6, 6.07) is 11.3. The molecule has 0 fully saturated rings. The fourth-order valence-electron chi connectivity index (χ4n) is 3.13. The van der Waals surface area contributed by atoms with Crippen LogP contribution in [0.25, 0.3) is 6.08 Å². The smallest absolute Gasteiger partial charge is 0.335 e. The van der Waals surface area contributed by atoms with Gasteiger partial charge < -0.3 is 15.5 Å². The maximum absolute atomic E-state index is 12.7. The van der Waals surface area contributed by atoms with Gasteiger partial charge in [0.1, 0.15) is 17.4 Å². The van der Waals surface area contributed by atoms with Crippen LogP contribution in [0, 0.1) is 11.3 Å². The zero-order valence-electron chi connectivity index (χ0n) is 18.7. The first-order chi connectivity index (χ1) is 14.2. The van der Waals surface area contributed by atoms with Crippen LogP contribution in [-0.4, -0.2) is 22.1 Å². The van der Waals surface area contributed by atoms with Crippen LogP contribution in [0.4, 0.5) is 5.69 Å². The zero-order valence-corrected chi connectivity index (χ0v) is 18.7. The summed E-state index contributed by atoms with van der Waals surface area (Å²) in [5.41, 5.74) is 1.55. The molecule has 0 atom stereocenters. The van der Waals surface area contributed by atoms with Crippen molar-refractivity contribution in [1.29, 1.82) is 5.26 Å². The molecule has 0 radical (unpaired) electrons. The van der Waals surface area contributed by atoms with Gasteiger partial charge in [-0.05, 0) is 52.8 Å². The van der Waals surface area contributed by atoms with Crippen LogP contribution in [0.1, 0.15) is 68.6 Å². The third-order valence-electron chi connectivity index (χ3n) is 4.79. The highest BCUT2D eigenvalue weighted by atomic mass is 16.4. The first-order valence-corrected chi connectivity index (χ1v) is 9.88. The Hall–Kier alpha value is -3.59. The number of hydrogen-bond donors (Lipinski definition) is 3. The van der Waals surface area contributed by atoms with Crippen molar-refractivity contribution < 1.29 is 19.8 Å². The van der Waals surface area contributed by atoms with Crippen molar-refractivity contribution in [3.63, 3.8) is 0 Å². The molecule has 2 rings (SSSR count). The van der Waals surface area contributed by atoms with Gasteiger partial charge in [0.25, 0.3) is 5.91 Å². The number of carbonyl (C=O) groups is 2. The van der Waals surface area contributed by atoms with Crippen LogP contribution in [0.3, 0.4) is 0 Å². The number of carboxylic acids is 1. The number of carbonyl (C=O) groups excluding carboxylic acids is 1. The van der Waals surface area contributed by atoms with Crippen molar-refractivity contribution in [3.05, 3.63) is 64.2 Å². The van der Waals surface area contributed by atoms with E-state index in [4.69, 9.17) is 5.11 Å². The van der Waals surface area contributed by atoms with Gasteiger partial charge in [0.2, 0.25) is 0 Å². The van der Waals surface area contributed by atoms with E-state index in [1.54, 1.807) is 18.2 Å². The fourth-order valence-corrected chi connectivity index (χ4v) is 3.13. The van der Waals surface area contributed by atoms with Gasteiger partial charge in [-0.15, -0.1) is 0 Å². The Labute approximate surface area is 182 Å². The molecule has 6 nitrogen and oxygen atoms in total. The number of aromatic carboxylic acids is 1. The Morgan fingerprint density at radius 3 is 2.00 bits per heavy atom. The summed E-state index contributed by atoms with van der Waals surface area (Å²) in [6.07, 6.45) is 1.47. The van der Waals surface area contributed by atoms with Crippen LogP contribution in [0.15, 0.2) is 42.0 Å². The molecule has 0 unspecified atom stereocenters. The van der Waals surface area contributed by atoms with Gasteiger partial charge in [-0.25, -0.2) is 4.79 Å². The largest absolute Gasteiger partial charge is 0.507 e. The maximum Gasteiger partial charge on any atom is 0.335 e. The summed E-state index contributed by atoms with van der Waals surface area (Å²) >= 11 is 0. The molecule has 0 bridgehead atoms. The second kappa shape index (κ2) is 8.65. The Kier molecular flexibility index (Phi) is 6.61. The highest BCUT2D eigenvalue weighted by Crippen LogP contribution is 2.40. The van der Waals surface area contributed by atoms with Crippen LogP contribution >= 0.6 is 0 Å². The molecule has 0 aromatic heterocycles. The molecule has 0 saturated heterocycles. The fraction of sp³-hybridized carbons (Fsp3) is 0.320. The summed E-state index contributed by atoms with van der Waals surface area (Å²) in [6.45, 7) is 11.9. The van der Waals surface area contributed by atoms with Crippen LogP contribution < -0.4 is 5.32 Å². The van der Waals surface area contributed by atoms with Crippen molar-refractivity contribution in [2.24, 2.45) is 0 Å². The molecule has 162 valence electrons. The normalized spacial score (nSPS) is 12.2. The van der Waals surface area contributed by atoms with Gasteiger partial charge in [-0.2, -0.15) is 5.26 Å². The van der Waals surface area contributed by atoms with Gasteiger partial charge in [0.15, 0.2) is 0 Å². The van der Waals surface area contributed by atoms with Gasteiger partial charge in [-0.1, -0.05) is 47.6 Å². The predicted molar refractivity (Wildman–Crippen MR) is 121 cm³/mol. The second-order valence-corrected chi connectivity index (χ2v) is 9.47. The quantitative estimate of drug-likeness (QED) is 0.463. The lowest BCUT2D eigenvalue weighted by Crippen LogP contribution is -2.18. The summed E-state index contributed by atoms with van der Waals surface area (Å²) in [4.78, 5) is 23.8. The Bertz CT molecular complexity index is 1060. The van der Waals surface area contributed by atoms with Crippen LogP contribution in [-0.2, 0) is 15.6 Å². The monoisotopic (exact) mass is 420 g/mol. The molecule has 2 aromatic rings. The van der Waals surface area contributed by atoms with E-state index < -0.39 is 11.9 Å². The lowest BCUT2D eigenvalue weighted by Gasteiger charge is -2.28. The number of carboxylic acid groups (broad SMARTS) is 1. The maximum atomic E-state index is 12.7. The number of aromatic hydroxyl groups is 1. The number of rotatable bonds is 4. The summed E-state index contributed by atoms with van der Waals surface area (Å²) < 4.78 is 0. The van der Waals surface area contributed by atoms with Crippen molar-refractivity contribution in [2.45, 2.75) is 52.4 Å². The molecule has 0 aliphatic heterocycles. The minimum absolute atomic E-state index is 0.0310. The van der Waals surface area contributed by atoms with E-state index in [1.807, 2.05) is 47.6 Å². The number of amides is 1. The minimum Gasteiger partial charge on any atom is -0.507 e. The highest BCUT2D eigenvalue weighted by molar-refractivity contribution is 6.10. The first-order valence-electron chi connectivity index (χ1n) is 9.88. The molecule has 3 N–H and O–H groups in total. The van der Waals surface area contributed by atoms with Gasteiger partial charge in [0.05, 0.1) is 5.56 Å². The Balaban J connectivity index is 2.50. The van der Waals surface area contributed by atoms with Crippen LogP contribution in [0.5, 0.6) is 5.75 Å². The molecule has 31 heavy (non-hydrogen) atoms. The predicted octanol–water partition coefficient (Wildman–Crippen LogP) is 5.23. The summed E-state index contributed by atoms with van der Waals surface area (Å²) in [5, 5.41) is 32.1. The van der Waals surface area contributed by atoms with E-state index in [1.165, 1.54) is 24.3 Å². The second-order valence-electron chi connectivity index (χ2n) is 9.47. The number of anilines is 1. The Morgan fingerprint density at radius 1 is 1.00 bits per heavy atom. The number of phenolic OH excluding ortho intramolecular Hbond substituents is 1. The first kappa shape index (κ1) is 23.7. The minimum atomic E-state index is -1.11. The number of phenols is 1. The van der Waals surface area contributed by atoms with Crippen LogP contribution in [0.2, 0.25) is 0 Å². The van der Waals surface area contributed by atoms with Crippen molar-refractivity contribution in [2.75, 3.05) is 5.32 Å². The van der Waals surface area contributed by atoms with Crippen molar-refractivity contribution >= 4 is 23.6 Å². The average Bonchev–Trinajstić information content (AvgIpc) is 2.65. The number of benzene rings is 2. The lowest BCUT2D eigenvalue weighted by molar-refractivity contribution is -0.112. The highest BCUT2D eigenvalue weighted by Gasteiger charge is 2.26. The van der Waals surface area contributed by atoms with E-state index in [2.05, 4.69) is 5.32 Å². The molecule has 6 heteroatoms. The molecule has 0 aliphatic carbocycles. The van der Waals surface area contributed by atoms with E-state index in [9.17, 15) is 20.0 Å². The topological polar surface area (TPSA) is 110 Å². The van der Waals surface area contributed by atoms with E-state index in [-0.39, 0.29) is 33.4 Å². The van der Waals surface area contributed by atoms with Crippen molar-refractivity contribution in [1.82, 2.24) is 0 Å². The zero-order chi connectivity index (χ0) is 23.6. The average molecular weight is 421 g/mol. The van der Waals surface area contributed by atoms with Gasteiger partial charge >= 0.3 is 5.97 Å². The van der Waals surface area contributed by atoms with Crippen molar-refractivity contribution in [3.8, 4) is 11.8 Å². The molecule has 2 aromatic carbocycles. The number of nitriles is 1. The lowest BCUT2D eigenvalue weighted by atomic mass is 9.78. The number of hydrogen-bond acceptors (Lipinski definition) is 4. The van der Waals surface area contributed by atoms with E-state index in [0.717, 1.165) is 11.1 Å². The van der Waals surface area contributed by atoms with E-state index in [0.29, 0.717) is 5.56 Å². The molecule has 0 heterocycles.